The van der Waals surface area contributed by atoms with Crippen molar-refractivity contribution >= 4 is 45.7 Å². The zero-order valence-corrected chi connectivity index (χ0v) is 18.3. The van der Waals surface area contributed by atoms with Gasteiger partial charge in [-0.15, -0.1) is 0 Å². The second-order valence-electron chi connectivity index (χ2n) is 7.38. The van der Waals surface area contributed by atoms with Gasteiger partial charge in [-0.2, -0.15) is 0 Å². The minimum absolute atomic E-state index is 0.0917. The molecule has 0 saturated heterocycles. The molecule has 0 aliphatic heterocycles. The van der Waals surface area contributed by atoms with Crippen molar-refractivity contribution in [2.24, 2.45) is 0 Å². The normalized spacial score (nSPS) is 11.2. The van der Waals surface area contributed by atoms with E-state index in [4.69, 9.17) is 17.0 Å². The van der Waals surface area contributed by atoms with Crippen LogP contribution in [0.15, 0.2) is 47.3 Å². The first-order valence-electron chi connectivity index (χ1n) is 10.2. The van der Waals surface area contributed by atoms with Crippen LogP contribution in [0.4, 0.5) is 5.69 Å². The first kappa shape index (κ1) is 20.9. The Balaban J connectivity index is 1.49. The number of amides is 1. The number of aryl methyl sites for hydroxylation is 1. The van der Waals surface area contributed by atoms with Gasteiger partial charge in [-0.05, 0) is 61.0 Å². The Morgan fingerprint density at radius 1 is 1.13 bits per heavy atom. The monoisotopic (exact) mass is 436 g/mol. The molecule has 4 rings (SSSR count). The topological polar surface area (TPSA) is 91.9 Å². The average molecular weight is 437 g/mol. The number of ether oxygens (including phenoxy) is 1. The molecule has 2 heterocycles. The first-order valence-corrected chi connectivity index (χ1v) is 10.6. The Bertz CT molecular complexity index is 1370. The minimum atomic E-state index is -0.204. The molecule has 0 bridgehead atoms. The van der Waals surface area contributed by atoms with E-state index in [-0.39, 0.29) is 11.5 Å². The number of anilines is 1. The molecular weight excluding hydrogens is 412 g/mol. The van der Waals surface area contributed by atoms with E-state index < -0.39 is 0 Å². The number of aromatic nitrogens is 3. The zero-order chi connectivity index (χ0) is 22.0. The van der Waals surface area contributed by atoms with Crippen LogP contribution in [0.1, 0.15) is 25.3 Å². The number of fused-ring (bicyclic) bond motifs is 3. The summed E-state index contributed by atoms with van der Waals surface area (Å²) in [5, 5.41) is 3.73. The van der Waals surface area contributed by atoms with Crippen LogP contribution < -0.4 is 15.6 Å². The number of hydrogen-bond acceptors (Lipinski definition) is 4. The lowest BCUT2D eigenvalue weighted by atomic mass is 10.1. The Hall–Kier alpha value is -3.39. The SMILES string of the molecule is CCc1ccc(NC(=O)CCCn2c(=S)[nH]c3c([nH]c4ccc(OC)cc43)c2=O)cc1. The van der Waals surface area contributed by atoms with Crippen molar-refractivity contribution in [1.29, 1.82) is 0 Å². The standard InChI is InChI=1S/C23H24N4O3S/c1-3-14-6-8-15(9-7-14)24-19(28)5-4-12-27-22(29)21-20(26-23(27)31)17-13-16(30-2)10-11-18(17)25-21/h6-11,13,25H,3-5,12H2,1-2H3,(H,24,28)(H,26,31). The second-order valence-corrected chi connectivity index (χ2v) is 7.76. The third-order valence-electron chi connectivity index (χ3n) is 5.37. The molecule has 8 heteroatoms. The highest BCUT2D eigenvalue weighted by atomic mass is 32.1. The van der Waals surface area contributed by atoms with E-state index in [0.717, 1.165) is 23.0 Å². The van der Waals surface area contributed by atoms with Gasteiger partial charge < -0.3 is 20.0 Å². The largest absolute Gasteiger partial charge is 0.497 e. The summed E-state index contributed by atoms with van der Waals surface area (Å²) in [5.41, 5.74) is 3.73. The Kier molecular flexibility index (Phi) is 5.90. The quantitative estimate of drug-likeness (QED) is 0.371. The van der Waals surface area contributed by atoms with Gasteiger partial charge in [-0.3, -0.25) is 14.2 Å². The fraction of sp³-hybridized carbons (Fsp3) is 0.261. The van der Waals surface area contributed by atoms with Crippen LogP contribution in [0.3, 0.4) is 0 Å². The van der Waals surface area contributed by atoms with Gasteiger partial charge in [0.25, 0.3) is 5.56 Å². The van der Waals surface area contributed by atoms with Gasteiger partial charge in [0.2, 0.25) is 5.91 Å². The highest BCUT2D eigenvalue weighted by Crippen LogP contribution is 2.25. The van der Waals surface area contributed by atoms with E-state index >= 15 is 0 Å². The van der Waals surface area contributed by atoms with Gasteiger partial charge in [0.1, 0.15) is 11.3 Å². The zero-order valence-electron chi connectivity index (χ0n) is 17.5. The van der Waals surface area contributed by atoms with Crippen LogP contribution in [-0.2, 0) is 17.8 Å². The van der Waals surface area contributed by atoms with Crippen molar-refractivity contribution in [3.63, 3.8) is 0 Å². The van der Waals surface area contributed by atoms with Crippen LogP contribution >= 0.6 is 12.2 Å². The van der Waals surface area contributed by atoms with Crippen molar-refractivity contribution in [2.45, 2.75) is 32.7 Å². The molecule has 0 fully saturated rings. The lowest BCUT2D eigenvalue weighted by Crippen LogP contribution is -2.23. The van der Waals surface area contributed by atoms with E-state index in [0.29, 0.717) is 40.9 Å². The third kappa shape index (κ3) is 4.25. The van der Waals surface area contributed by atoms with Crippen LogP contribution in [0.2, 0.25) is 0 Å². The molecule has 160 valence electrons. The van der Waals surface area contributed by atoms with Crippen LogP contribution in [-0.4, -0.2) is 27.6 Å². The summed E-state index contributed by atoms with van der Waals surface area (Å²) in [6.45, 7) is 2.44. The lowest BCUT2D eigenvalue weighted by Gasteiger charge is -2.08. The van der Waals surface area contributed by atoms with Gasteiger partial charge in [-0.25, -0.2) is 0 Å². The number of nitrogens with zero attached hydrogens (tertiary/aromatic N) is 1. The number of methoxy groups -OCH3 is 1. The average Bonchev–Trinajstić information content (AvgIpc) is 3.14. The second kappa shape index (κ2) is 8.77. The molecule has 3 N–H and O–H groups in total. The molecule has 1 amide bonds. The number of aromatic amines is 2. The van der Waals surface area contributed by atoms with E-state index in [9.17, 15) is 9.59 Å². The summed E-state index contributed by atoms with van der Waals surface area (Å²) in [6, 6.07) is 13.4. The van der Waals surface area contributed by atoms with Crippen molar-refractivity contribution in [2.75, 3.05) is 12.4 Å². The van der Waals surface area contributed by atoms with Gasteiger partial charge in [0.15, 0.2) is 4.77 Å². The summed E-state index contributed by atoms with van der Waals surface area (Å²) in [4.78, 5) is 31.6. The molecule has 31 heavy (non-hydrogen) atoms. The van der Waals surface area contributed by atoms with Gasteiger partial charge in [0.05, 0.1) is 12.6 Å². The summed E-state index contributed by atoms with van der Waals surface area (Å²) in [6.07, 6.45) is 1.74. The molecule has 0 saturated carbocycles. The predicted molar refractivity (Wildman–Crippen MR) is 125 cm³/mol. The molecule has 2 aromatic heterocycles. The summed E-state index contributed by atoms with van der Waals surface area (Å²) in [7, 11) is 1.60. The maximum atomic E-state index is 13.0. The molecule has 4 aromatic rings. The predicted octanol–water partition coefficient (Wildman–Crippen LogP) is 4.53. The van der Waals surface area contributed by atoms with E-state index in [2.05, 4.69) is 22.2 Å². The fourth-order valence-corrected chi connectivity index (χ4v) is 3.91. The number of hydrogen-bond donors (Lipinski definition) is 3. The number of nitrogens with one attached hydrogen (secondary N) is 3. The molecule has 2 aromatic carbocycles. The first-order chi connectivity index (χ1) is 15.0. The molecule has 0 unspecified atom stereocenters. The maximum Gasteiger partial charge on any atom is 0.278 e. The minimum Gasteiger partial charge on any atom is -0.497 e. The molecule has 0 aliphatic rings. The molecular formula is C23H24N4O3S. The highest BCUT2D eigenvalue weighted by molar-refractivity contribution is 7.71. The fourth-order valence-electron chi connectivity index (χ4n) is 3.64. The van der Waals surface area contributed by atoms with Crippen LogP contribution in [0, 0.1) is 4.77 Å². The number of H-pyrrole nitrogens is 2. The Morgan fingerprint density at radius 3 is 2.61 bits per heavy atom. The third-order valence-corrected chi connectivity index (χ3v) is 5.70. The van der Waals surface area contributed by atoms with E-state index in [1.807, 2.05) is 42.5 Å². The highest BCUT2D eigenvalue weighted by Gasteiger charge is 2.13. The molecule has 7 nitrogen and oxygen atoms in total. The van der Waals surface area contributed by atoms with E-state index in [1.54, 1.807) is 7.11 Å². The smallest absolute Gasteiger partial charge is 0.278 e. The summed E-state index contributed by atoms with van der Waals surface area (Å²) in [5.74, 6) is 0.609. The van der Waals surface area contributed by atoms with Gasteiger partial charge >= 0.3 is 0 Å². The lowest BCUT2D eigenvalue weighted by molar-refractivity contribution is -0.116. The van der Waals surface area contributed by atoms with Gasteiger partial charge in [0, 0.05) is 29.6 Å². The molecule has 0 atom stereocenters. The van der Waals surface area contributed by atoms with Crippen molar-refractivity contribution in [3.05, 3.63) is 63.2 Å². The van der Waals surface area contributed by atoms with Gasteiger partial charge in [-0.1, -0.05) is 19.1 Å². The van der Waals surface area contributed by atoms with Crippen molar-refractivity contribution < 1.29 is 9.53 Å². The van der Waals surface area contributed by atoms with E-state index in [1.165, 1.54) is 10.1 Å². The van der Waals surface area contributed by atoms with Crippen LogP contribution in [0.25, 0.3) is 21.9 Å². The Morgan fingerprint density at radius 2 is 1.90 bits per heavy atom. The van der Waals surface area contributed by atoms with Crippen molar-refractivity contribution in [3.8, 4) is 5.75 Å². The number of rotatable bonds is 7. The number of carbonyl (C=O) groups is 1. The van der Waals surface area contributed by atoms with Crippen molar-refractivity contribution in [1.82, 2.24) is 14.5 Å². The summed E-state index contributed by atoms with van der Waals surface area (Å²) >= 11 is 5.43. The maximum absolute atomic E-state index is 13.0. The molecule has 0 radical (unpaired) electrons. The van der Waals surface area contributed by atoms with Crippen LogP contribution in [0.5, 0.6) is 5.75 Å². The molecule has 0 aliphatic carbocycles. The summed E-state index contributed by atoms with van der Waals surface area (Å²) < 4.78 is 7.10. The molecule has 0 spiro atoms. The number of carbonyl (C=O) groups excluding carboxylic acids is 1. The number of benzene rings is 2. The Labute approximate surface area is 184 Å².